The maximum absolute atomic E-state index is 8.36. The summed E-state index contributed by atoms with van der Waals surface area (Å²) >= 11 is 0. The van der Waals surface area contributed by atoms with E-state index in [9.17, 15) is 0 Å². The summed E-state index contributed by atoms with van der Waals surface area (Å²) in [6, 6.07) is 12.6. The van der Waals surface area contributed by atoms with E-state index in [1.807, 2.05) is 6.07 Å². The lowest BCUT2D eigenvalue weighted by atomic mass is 10.0. The van der Waals surface area contributed by atoms with Gasteiger partial charge in [0.05, 0.1) is 23.3 Å². The zero-order valence-electron chi connectivity index (χ0n) is 17.9. The van der Waals surface area contributed by atoms with Gasteiger partial charge in [-0.15, -0.1) is 0 Å². The molecule has 1 aliphatic heterocycles. The second-order valence-corrected chi connectivity index (χ2v) is 7.53. The first kappa shape index (κ1) is 21.8. The topological polar surface area (TPSA) is 74.7 Å². The number of anilines is 1. The number of nitrogens with zero attached hydrogens (tertiary/aromatic N) is 2. The number of likely N-dealkylation sites (tertiary alicyclic amines) is 1. The lowest BCUT2D eigenvalue weighted by Gasteiger charge is -2.16. The summed E-state index contributed by atoms with van der Waals surface area (Å²) in [6.07, 6.45) is 3.77. The van der Waals surface area contributed by atoms with Crippen LogP contribution in [0.25, 0.3) is 21.8 Å². The van der Waals surface area contributed by atoms with Gasteiger partial charge in [-0.3, -0.25) is 4.79 Å². The molecule has 0 saturated carbocycles. The van der Waals surface area contributed by atoms with Crippen molar-refractivity contribution in [2.45, 2.75) is 33.1 Å². The third-order valence-corrected chi connectivity index (χ3v) is 5.41. The van der Waals surface area contributed by atoms with Gasteiger partial charge in [-0.2, -0.15) is 0 Å². The van der Waals surface area contributed by atoms with Gasteiger partial charge in [-0.05, 0) is 63.9 Å². The van der Waals surface area contributed by atoms with Gasteiger partial charge < -0.3 is 20.1 Å². The third-order valence-electron chi connectivity index (χ3n) is 5.41. The third kappa shape index (κ3) is 5.19. The molecule has 160 valence electrons. The number of nitrogens with one attached hydrogen (secondary N) is 1. The molecule has 1 aliphatic rings. The zero-order chi connectivity index (χ0) is 21.3. The van der Waals surface area contributed by atoms with E-state index in [0.717, 1.165) is 48.3 Å². The van der Waals surface area contributed by atoms with Gasteiger partial charge in [0, 0.05) is 29.9 Å². The van der Waals surface area contributed by atoms with E-state index in [0.29, 0.717) is 0 Å². The van der Waals surface area contributed by atoms with Crippen LogP contribution >= 0.6 is 0 Å². The average molecular weight is 410 g/mol. The standard InChI is InChI=1S/C23H29N3O.CH2O2/c1-3-24-23-18-9-4-5-10-20(18)25-21-16-22(17(2)15-19(21)23)27-14-8-13-26-11-6-7-12-26;2-1-3/h4-5,9-10,15-16H,3,6-8,11-14H2,1-2H3,(H,24,25);1H,(H,2,3). The van der Waals surface area contributed by atoms with Crippen LogP contribution in [0, 0.1) is 6.92 Å². The van der Waals surface area contributed by atoms with E-state index in [2.05, 4.69) is 54.4 Å². The van der Waals surface area contributed by atoms with Crippen LogP contribution in [0.4, 0.5) is 5.69 Å². The van der Waals surface area contributed by atoms with Crippen molar-refractivity contribution in [3.05, 3.63) is 42.0 Å². The normalized spacial score (nSPS) is 13.8. The highest BCUT2D eigenvalue weighted by Crippen LogP contribution is 2.34. The highest BCUT2D eigenvalue weighted by molar-refractivity contribution is 6.07. The molecule has 3 aromatic rings. The number of carbonyl (C=O) groups is 1. The molecule has 2 aromatic carbocycles. The number of hydrogen-bond acceptors (Lipinski definition) is 5. The van der Waals surface area contributed by atoms with Crippen LogP contribution < -0.4 is 10.1 Å². The molecule has 0 aliphatic carbocycles. The van der Waals surface area contributed by atoms with Crippen LogP contribution in [0.2, 0.25) is 0 Å². The van der Waals surface area contributed by atoms with Gasteiger partial charge in [0.1, 0.15) is 5.75 Å². The molecule has 6 nitrogen and oxygen atoms in total. The Hall–Kier alpha value is -2.86. The number of pyridine rings is 1. The predicted molar refractivity (Wildman–Crippen MR) is 123 cm³/mol. The molecule has 6 heteroatoms. The number of rotatable bonds is 7. The molecule has 1 aromatic heterocycles. The van der Waals surface area contributed by atoms with E-state index in [-0.39, 0.29) is 6.47 Å². The molecule has 0 radical (unpaired) electrons. The fraction of sp³-hybridized carbons (Fsp3) is 0.417. The summed E-state index contributed by atoms with van der Waals surface area (Å²) in [5, 5.41) is 12.8. The number of para-hydroxylation sites is 1. The number of benzene rings is 2. The Morgan fingerprint density at radius 1 is 1.17 bits per heavy atom. The number of hydrogen-bond donors (Lipinski definition) is 2. The van der Waals surface area contributed by atoms with E-state index >= 15 is 0 Å². The number of aryl methyl sites for hydroxylation is 1. The maximum Gasteiger partial charge on any atom is 0.290 e. The Kier molecular flexibility index (Phi) is 7.85. The smallest absolute Gasteiger partial charge is 0.290 e. The van der Waals surface area contributed by atoms with Crippen LogP contribution in [0.5, 0.6) is 5.75 Å². The molecule has 0 amide bonds. The van der Waals surface area contributed by atoms with E-state index < -0.39 is 0 Å². The molecule has 4 rings (SSSR count). The highest BCUT2D eigenvalue weighted by Gasteiger charge is 2.13. The molecular formula is C24H31N3O3. The largest absolute Gasteiger partial charge is 0.493 e. The van der Waals surface area contributed by atoms with Crippen molar-refractivity contribution in [3.63, 3.8) is 0 Å². The lowest BCUT2D eigenvalue weighted by molar-refractivity contribution is -0.122. The van der Waals surface area contributed by atoms with Gasteiger partial charge in [0.15, 0.2) is 0 Å². The average Bonchev–Trinajstić information content (AvgIpc) is 3.26. The second-order valence-electron chi connectivity index (χ2n) is 7.53. The first-order valence-corrected chi connectivity index (χ1v) is 10.7. The summed E-state index contributed by atoms with van der Waals surface area (Å²) in [5.74, 6) is 0.953. The Bertz CT molecular complexity index is 984. The fourth-order valence-electron chi connectivity index (χ4n) is 4.03. The Labute approximate surface area is 177 Å². The molecule has 0 bridgehead atoms. The van der Waals surface area contributed by atoms with Crippen molar-refractivity contribution in [2.75, 3.05) is 38.1 Å². The van der Waals surface area contributed by atoms with E-state index in [4.69, 9.17) is 19.6 Å². The minimum Gasteiger partial charge on any atom is -0.493 e. The van der Waals surface area contributed by atoms with Crippen molar-refractivity contribution in [1.82, 2.24) is 9.88 Å². The Morgan fingerprint density at radius 3 is 2.63 bits per heavy atom. The molecular weight excluding hydrogens is 378 g/mol. The molecule has 0 unspecified atom stereocenters. The first-order valence-electron chi connectivity index (χ1n) is 10.7. The molecule has 1 fully saturated rings. The van der Waals surface area contributed by atoms with Crippen molar-refractivity contribution in [3.8, 4) is 5.75 Å². The number of ether oxygens (including phenoxy) is 1. The second kappa shape index (κ2) is 10.8. The lowest BCUT2D eigenvalue weighted by Crippen LogP contribution is -2.21. The number of carboxylic acid groups (broad SMARTS) is 1. The zero-order valence-corrected chi connectivity index (χ0v) is 17.9. The molecule has 2 N–H and O–H groups in total. The van der Waals surface area contributed by atoms with E-state index in [1.165, 1.54) is 42.6 Å². The highest BCUT2D eigenvalue weighted by atomic mass is 16.5. The molecule has 2 heterocycles. The van der Waals surface area contributed by atoms with Crippen LogP contribution in [0.1, 0.15) is 31.7 Å². The summed E-state index contributed by atoms with van der Waals surface area (Å²) in [6.45, 7) is 9.29. The van der Waals surface area contributed by atoms with Gasteiger partial charge in [-0.1, -0.05) is 18.2 Å². The van der Waals surface area contributed by atoms with Crippen molar-refractivity contribution in [2.24, 2.45) is 0 Å². The Balaban J connectivity index is 0.000000806. The monoisotopic (exact) mass is 409 g/mol. The van der Waals surface area contributed by atoms with Crippen LogP contribution in [0.3, 0.4) is 0 Å². The number of aromatic nitrogens is 1. The van der Waals surface area contributed by atoms with Crippen LogP contribution in [0.15, 0.2) is 36.4 Å². The van der Waals surface area contributed by atoms with Crippen molar-refractivity contribution < 1.29 is 14.6 Å². The molecule has 1 saturated heterocycles. The minimum atomic E-state index is -0.250. The molecule has 0 atom stereocenters. The number of fused-ring (bicyclic) bond motifs is 2. The van der Waals surface area contributed by atoms with Gasteiger partial charge in [0.25, 0.3) is 6.47 Å². The van der Waals surface area contributed by atoms with Crippen molar-refractivity contribution in [1.29, 1.82) is 0 Å². The molecule has 0 spiro atoms. The maximum atomic E-state index is 8.36. The van der Waals surface area contributed by atoms with Gasteiger partial charge >= 0.3 is 0 Å². The van der Waals surface area contributed by atoms with Gasteiger partial charge in [-0.25, -0.2) is 4.98 Å². The van der Waals surface area contributed by atoms with Crippen LogP contribution in [-0.2, 0) is 4.79 Å². The minimum absolute atomic E-state index is 0.250. The molecule has 30 heavy (non-hydrogen) atoms. The quantitative estimate of drug-likeness (QED) is 0.335. The van der Waals surface area contributed by atoms with Crippen molar-refractivity contribution >= 4 is 34.0 Å². The predicted octanol–water partition coefficient (Wildman–Crippen LogP) is 4.69. The first-order chi connectivity index (χ1) is 14.7. The summed E-state index contributed by atoms with van der Waals surface area (Å²) in [4.78, 5) is 15.8. The summed E-state index contributed by atoms with van der Waals surface area (Å²) in [7, 11) is 0. The van der Waals surface area contributed by atoms with E-state index in [1.54, 1.807) is 0 Å². The fourth-order valence-corrected chi connectivity index (χ4v) is 4.03. The summed E-state index contributed by atoms with van der Waals surface area (Å²) < 4.78 is 6.13. The summed E-state index contributed by atoms with van der Waals surface area (Å²) in [5.41, 5.74) is 4.34. The van der Waals surface area contributed by atoms with Crippen LogP contribution in [-0.4, -0.2) is 54.2 Å². The van der Waals surface area contributed by atoms with Gasteiger partial charge in [0.2, 0.25) is 0 Å². The SMILES string of the molecule is CCNc1c2ccccc2nc2cc(OCCCN3CCCC3)c(C)cc12.O=CO. The Morgan fingerprint density at radius 2 is 1.90 bits per heavy atom.